The van der Waals surface area contributed by atoms with Crippen LogP contribution in [-0.2, 0) is 27.8 Å². The second-order valence-corrected chi connectivity index (χ2v) is 9.60. The monoisotopic (exact) mass is 435 g/mol. The lowest BCUT2D eigenvalue weighted by atomic mass is 9.96. The number of aryl methyl sites for hydroxylation is 1. The van der Waals surface area contributed by atoms with E-state index in [4.69, 9.17) is 11.6 Å². The maximum atomic E-state index is 12.8. The molecule has 8 heteroatoms. The Morgan fingerprint density at radius 3 is 2.38 bits per heavy atom. The number of carbonyl (C=O) groups is 1. The molecule has 0 N–H and O–H groups in total. The Bertz CT molecular complexity index is 955. The molecule has 0 aliphatic carbocycles. The van der Waals surface area contributed by atoms with E-state index in [1.807, 2.05) is 0 Å². The van der Waals surface area contributed by atoms with Gasteiger partial charge in [-0.05, 0) is 42.5 Å². The largest absolute Gasteiger partial charge is 0.341 e. The predicted molar refractivity (Wildman–Crippen MR) is 113 cm³/mol. The normalized spacial score (nSPS) is 16.0. The lowest BCUT2D eigenvalue weighted by Gasteiger charge is -2.32. The SMILES string of the molecule is CCc1ccc(CN(C)C(=O)C2CCN(S(=O)(=O)c3cccnc3Cl)CC2)cc1. The minimum Gasteiger partial charge on any atom is -0.341 e. The van der Waals surface area contributed by atoms with Gasteiger partial charge in [-0.3, -0.25) is 4.79 Å². The number of amides is 1. The van der Waals surface area contributed by atoms with E-state index in [0.717, 1.165) is 12.0 Å². The Balaban J connectivity index is 1.59. The Morgan fingerprint density at radius 1 is 1.17 bits per heavy atom. The number of piperidine rings is 1. The van der Waals surface area contributed by atoms with E-state index >= 15 is 0 Å². The summed E-state index contributed by atoms with van der Waals surface area (Å²) in [6, 6.07) is 11.3. The van der Waals surface area contributed by atoms with Crippen molar-refractivity contribution in [3.8, 4) is 0 Å². The number of aromatic nitrogens is 1. The van der Waals surface area contributed by atoms with Gasteiger partial charge in [-0.25, -0.2) is 13.4 Å². The first kappa shape index (κ1) is 21.7. The minimum absolute atomic E-state index is 0.0130. The molecular formula is C21H26ClN3O3S. The molecule has 1 saturated heterocycles. The van der Waals surface area contributed by atoms with Gasteiger partial charge in [-0.1, -0.05) is 42.8 Å². The third-order valence-corrected chi connectivity index (χ3v) is 7.72. The van der Waals surface area contributed by atoms with E-state index < -0.39 is 10.0 Å². The number of halogens is 1. The fourth-order valence-corrected chi connectivity index (χ4v) is 5.49. The van der Waals surface area contributed by atoms with Gasteiger partial charge in [0.25, 0.3) is 0 Å². The number of pyridine rings is 1. The van der Waals surface area contributed by atoms with Crippen molar-refractivity contribution in [1.82, 2.24) is 14.2 Å². The lowest BCUT2D eigenvalue weighted by molar-refractivity contribution is -0.135. The van der Waals surface area contributed by atoms with Gasteiger partial charge in [0.15, 0.2) is 0 Å². The zero-order chi connectivity index (χ0) is 21.0. The van der Waals surface area contributed by atoms with E-state index in [0.29, 0.717) is 32.5 Å². The predicted octanol–water partition coefficient (Wildman–Crippen LogP) is 3.36. The van der Waals surface area contributed by atoms with Gasteiger partial charge < -0.3 is 4.90 Å². The second-order valence-electron chi connectivity index (χ2n) is 7.34. The van der Waals surface area contributed by atoms with Crippen LogP contribution in [0, 0.1) is 5.92 Å². The van der Waals surface area contributed by atoms with Gasteiger partial charge in [-0.15, -0.1) is 0 Å². The average molecular weight is 436 g/mol. The molecule has 1 aliphatic heterocycles. The number of rotatable bonds is 6. The number of carbonyl (C=O) groups excluding carboxylic acids is 1. The Kier molecular flexibility index (Phi) is 6.93. The summed E-state index contributed by atoms with van der Waals surface area (Å²) >= 11 is 5.97. The van der Waals surface area contributed by atoms with Crippen LogP contribution >= 0.6 is 11.6 Å². The van der Waals surface area contributed by atoms with Crippen molar-refractivity contribution in [3.05, 3.63) is 58.9 Å². The highest BCUT2D eigenvalue weighted by Gasteiger charge is 2.34. The quantitative estimate of drug-likeness (QED) is 0.652. The van der Waals surface area contributed by atoms with Crippen molar-refractivity contribution in [2.24, 2.45) is 5.92 Å². The summed E-state index contributed by atoms with van der Waals surface area (Å²) < 4.78 is 27.0. The topological polar surface area (TPSA) is 70.6 Å². The minimum atomic E-state index is -3.70. The molecule has 0 spiro atoms. The highest BCUT2D eigenvalue weighted by Crippen LogP contribution is 2.27. The van der Waals surface area contributed by atoms with Crippen LogP contribution in [0.4, 0.5) is 0 Å². The highest BCUT2D eigenvalue weighted by atomic mass is 35.5. The van der Waals surface area contributed by atoms with Crippen LogP contribution in [0.15, 0.2) is 47.5 Å². The van der Waals surface area contributed by atoms with E-state index in [1.165, 1.54) is 22.1 Å². The zero-order valence-electron chi connectivity index (χ0n) is 16.7. The van der Waals surface area contributed by atoms with Gasteiger partial charge in [-0.2, -0.15) is 4.31 Å². The average Bonchev–Trinajstić information content (AvgIpc) is 2.74. The fourth-order valence-electron chi connectivity index (χ4n) is 3.59. The van der Waals surface area contributed by atoms with Crippen LogP contribution in [0.3, 0.4) is 0 Å². The van der Waals surface area contributed by atoms with Gasteiger partial charge in [0.1, 0.15) is 10.0 Å². The third-order valence-electron chi connectivity index (χ3n) is 5.37. The maximum Gasteiger partial charge on any atom is 0.246 e. The molecule has 29 heavy (non-hydrogen) atoms. The van der Waals surface area contributed by atoms with Gasteiger partial charge in [0.05, 0.1) is 0 Å². The van der Waals surface area contributed by atoms with Crippen molar-refractivity contribution in [3.63, 3.8) is 0 Å². The molecule has 3 rings (SSSR count). The maximum absolute atomic E-state index is 12.8. The van der Waals surface area contributed by atoms with E-state index in [9.17, 15) is 13.2 Å². The molecule has 0 saturated carbocycles. The summed E-state index contributed by atoms with van der Waals surface area (Å²) in [6.45, 7) is 3.25. The van der Waals surface area contributed by atoms with Crippen molar-refractivity contribution in [2.45, 2.75) is 37.6 Å². The summed E-state index contributed by atoms with van der Waals surface area (Å²) in [5, 5.41) is -0.0282. The van der Waals surface area contributed by atoms with Crippen LogP contribution < -0.4 is 0 Å². The molecule has 0 bridgehead atoms. The van der Waals surface area contributed by atoms with Crippen LogP contribution in [0.25, 0.3) is 0 Å². The Morgan fingerprint density at radius 2 is 1.79 bits per heavy atom. The second kappa shape index (κ2) is 9.24. The van der Waals surface area contributed by atoms with Crippen molar-refractivity contribution in [1.29, 1.82) is 0 Å². The molecule has 2 aromatic rings. The van der Waals surface area contributed by atoms with Crippen molar-refractivity contribution in [2.75, 3.05) is 20.1 Å². The van der Waals surface area contributed by atoms with Crippen LogP contribution in [0.1, 0.15) is 30.9 Å². The van der Waals surface area contributed by atoms with E-state index in [1.54, 1.807) is 18.0 Å². The molecule has 1 aromatic carbocycles. The molecule has 0 unspecified atom stereocenters. The zero-order valence-corrected chi connectivity index (χ0v) is 18.3. The summed E-state index contributed by atoms with van der Waals surface area (Å²) in [7, 11) is -1.90. The number of hydrogen-bond acceptors (Lipinski definition) is 4. The Hall–Kier alpha value is -1.96. The van der Waals surface area contributed by atoms with Crippen LogP contribution in [0.2, 0.25) is 5.15 Å². The van der Waals surface area contributed by atoms with E-state index in [-0.39, 0.29) is 21.9 Å². The number of nitrogens with zero attached hydrogens (tertiary/aromatic N) is 3. The standard InChI is InChI=1S/C21H26ClN3O3S/c1-3-16-6-8-17(9-7-16)15-24(2)21(26)18-10-13-25(14-11-18)29(27,28)19-5-4-12-23-20(19)22/h4-9,12,18H,3,10-11,13-15H2,1-2H3. The fraction of sp³-hybridized carbons (Fsp3) is 0.429. The van der Waals surface area contributed by atoms with Crippen LogP contribution in [-0.4, -0.2) is 48.7 Å². The Labute approximate surface area is 177 Å². The first-order valence-corrected chi connectivity index (χ1v) is 11.6. The number of sulfonamides is 1. The molecular weight excluding hydrogens is 410 g/mol. The molecule has 6 nitrogen and oxygen atoms in total. The number of benzene rings is 1. The van der Waals surface area contributed by atoms with Gasteiger partial charge in [0, 0.05) is 38.8 Å². The summed E-state index contributed by atoms with van der Waals surface area (Å²) in [5.74, 6) is -0.119. The van der Waals surface area contributed by atoms with Gasteiger partial charge >= 0.3 is 0 Å². The molecule has 1 amide bonds. The van der Waals surface area contributed by atoms with Crippen molar-refractivity contribution >= 4 is 27.5 Å². The first-order valence-electron chi connectivity index (χ1n) is 9.76. The van der Waals surface area contributed by atoms with E-state index in [2.05, 4.69) is 36.2 Å². The molecule has 1 fully saturated rings. The first-order chi connectivity index (χ1) is 13.8. The molecule has 0 atom stereocenters. The van der Waals surface area contributed by atoms with Gasteiger partial charge in [0.2, 0.25) is 15.9 Å². The highest BCUT2D eigenvalue weighted by molar-refractivity contribution is 7.89. The smallest absolute Gasteiger partial charge is 0.246 e. The lowest BCUT2D eigenvalue weighted by Crippen LogP contribution is -2.43. The van der Waals surface area contributed by atoms with Crippen LogP contribution in [0.5, 0.6) is 0 Å². The van der Waals surface area contributed by atoms with Crippen molar-refractivity contribution < 1.29 is 13.2 Å². The molecule has 0 radical (unpaired) electrons. The number of hydrogen-bond donors (Lipinski definition) is 0. The summed E-state index contributed by atoms with van der Waals surface area (Å²) in [6.07, 6.45) is 3.43. The summed E-state index contributed by atoms with van der Waals surface area (Å²) in [4.78, 5) is 18.4. The molecule has 1 aliphatic rings. The summed E-state index contributed by atoms with van der Waals surface area (Å²) in [5.41, 5.74) is 2.36. The molecule has 1 aromatic heterocycles. The molecule has 156 valence electrons. The third kappa shape index (κ3) is 4.97. The molecule has 2 heterocycles.